The Kier molecular flexibility index (Phi) is 6.28. The van der Waals surface area contributed by atoms with E-state index in [1.54, 1.807) is 18.5 Å². The van der Waals surface area contributed by atoms with Gasteiger partial charge >= 0.3 is 0 Å². The second-order valence-corrected chi connectivity index (χ2v) is 8.46. The summed E-state index contributed by atoms with van der Waals surface area (Å²) in [6.45, 7) is 12.0. The van der Waals surface area contributed by atoms with E-state index >= 15 is 0 Å². The lowest BCUT2D eigenvalue weighted by atomic mass is 10.0. The van der Waals surface area contributed by atoms with Crippen LogP contribution in [0.5, 0.6) is 0 Å². The fraction of sp³-hybridized carbons (Fsp3) is 0.103. The molecule has 0 bridgehead atoms. The van der Waals surface area contributed by atoms with Gasteiger partial charge in [0, 0.05) is 40.5 Å². The maximum absolute atomic E-state index is 4.95. The quantitative estimate of drug-likeness (QED) is 0.219. The fourth-order valence-corrected chi connectivity index (χ4v) is 4.11. The van der Waals surface area contributed by atoms with Gasteiger partial charge in [-0.1, -0.05) is 38.3 Å². The van der Waals surface area contributed by atoms with Gasteiger partial charge in [-0.2, -0.15) is 5.10 Å². The van der Waals surface area contributed by atoms with Gasteiger partial charge in [0.1, 0.15) is 11.2 Å². The summed E-state index contributed by atoms with van der Waals surface area (Å²) in [6.07, 6.45) is 9.98. The summed E-state index contributed by atoms with van der Waals surface area (Å²) in [5, 5.41) is 11.0. The van der Waals surface area contributed by atoms with Crippen LogP contribution in [0.2, 0.25) is 0 Å². The highest BCUT2D eigenvalue weighted by Gasteiger charge is 2.17. The number of aromatic nitrogens is 6. The van der Waals surface area contributed by atoms with E-state index in [4.69, 9.17) is 4.98 Å². The van der Waals surface area contributed by atoms with E-state index in [0.717, 1.165) is 74.0 Å². The van der Waals surface area contributed by atoms with E-state index in [9.17, 15) is 0 Å². The Bertz CT molecular complexity index is 1590. The minimum absolute atomic E-state index is 0.752. The van der Waals surface area contributed by atoms with Crippen LogP contribution in [-0.2, 0) is 0 Å². The summed E-state index contributed by atoms with van der Waals surface area (Å²) in [5.41, 5.74) is 10.7. The molecule has 0 amide bonds. The van der Waals surface area contributed by atoms with Crippen LogP contribution in [0.1, 0.15) is 30.3 Å². The Morgan fingerprint density at radius 3 is 2.81 bits per heavy atom. The normalized spacial score (nSPS) is 11.6. The molecule has 178 valence electrons. The molecule has 5 aromatic heterocycles. The van der Waals surface area contributed by atoms with E-state index in [0.29, 0.717) is 0 Å². The molecule has 0 unspecified atom stereocenters. The molecule has 0 fully saturated rings. The molecule has 7 heteroatoms. The molecule has 7 nitrogen and oxygen atoms in total. The van der Waals surface area contributed by atoms with Gasteiger partial charge in [0.25, 0.3) is 0 Å². The molecule has 0 radical (unpaired) electrons. The molecule has 0 aliphatic rings. The topological polar surface area (TPSA) is 95.2 Å². The number of hydrogen-bond acceptors (Lipinski definition) is 5. The van der Waals surface area contributed by atoms with Gasteiger partial charge in [-0.25, -0.2) is 4.98 Å². The van der Waals surface area contributed by atoms with Gasteiger partial charge in [0.2, 0.25) is 0 Å². The third-order valence-electron chi connectivity index (χ3n) is 5.98. The van der Waals surface area contributed by atoms with E-state index in [1.165, 1.54) is 0 Å². The number of rotatable bonds is 8. The highest BCUT2D eigenvalue weighted by molar-refractivity contribution is 5.92. The third kappa shape index (κ3) is 4.46. The number of fused-ring (bicyclic) bond motifs is 1. The largest absolute Gasteiger partial charge is 0.358 e. The lowest BCUT2D eigenvalue weighted by Gasteiger charge is -2.08. The van der Waals surface area contributed by atoms with Crippen molar-refractivity contribution in [3.05, 3.63) is 109 Å². The predicted molar refractivity (Wildman–Crippen MR) is 146 cm³/mol. The van der Waals surface area contributed by atoms with Crippen molar-refractivity contribution >= 4 is 22.3 Å². The number of nitrogens with zero attached hydrogens (tertiary/aromatic N) is 4. The van der Waals surface area contributed by atoms with E-state index in [-0.39, 0.29) is 0 Å². The van der Waals surface area contributed by atoms with Crippen molar-refractivity contribution < 1.29 is 0 Å². The van der Waals surface area contributed by atoms with E-state index < -0.39 is 0 Å². The van der Waals surface area contributed by atoms with Crippen molar-refractivity contribution in [2.24, 2.45) is 0 Å². The first-order valence-corrected chi connectivity index (χ1v) is 11.8. The van der Waals surface area contributed by atoms with E-state index in [2.05, 4.69) is 56.6 Å². The summed E-state index contributed by atoms with van der Waals surface area (Å²) in [4.78, 5) is 17.4. The zero-order valence-corrected chi connectivity index (χ0v) is 20.3. The van der Waals surface area contributed by atoms with Crippen LogP contribution in [0.15, 0.2) is 92.1 Å². The molecule has 5 rings (SSSR count). The van der Waals surface area contributed by atoms with Crippen molar-refractivity contribution in [3.63, 3.8) is 0 Å². The zero-order valence-electron chi connectivity index (χ0n) is 20.3. The lowest BCUT2D eigenvalue weighted by Crippen LogP contribution is -1.97. The lowest BCUT2D eigenvalue weighted by molar-refractivity contribution is 1.11. The monoisotopic (exact) mass is 473 g/mol. The molecule has 5 heterocycles. The zero-order chi connectivity index (χ0) is 25.1. The number of aryl methyl sites for hydroxylation is 1. The first-order valence-electron chi connectivity index (χ1n) is 11.8. The molecular weight excluding hydrogens is 446 g/mol. The van der Waals surface area contributed by atoms with E-state index in [1.807, 2.05) is 55.6 Å². The van der Waals surface area contributed by atoms with Crippen LogP contribution < -0.4 is 5.32 Å². The first-order chi connectivity index (χ1) is 17.6. The molecule has 36 heavy (non-hydrogen) atoms. The molecule has 0 saturated heterocycles. The second-order valence-electron chi connectivity index (χ2n) is 8.46. The van der Waals surface area contributed by atoms with Crippen LogP contribution >= 0.6 is 0 Å². The average Bonchev–Trinajstić information content (AvgIpc) is 3.50. The average molecular weight is 474 g/mol. The number of H-pyrrole nitrogens is 2. The number of anilines is 1. The van der Waals surface area contributed by atoms with Gasteiger partial charge in [-0.05, 0) is 49.7 Å². The van der Waals surface area contributed by atoms with Crippen molar-refractivity contribution in [1.82, 2.24) is 30.1 Å². The predicted octanol–water partition coefficient (Wildman–Crippen LogP) is 6.67. The van der Waals surface area contributed by atoms with Crippen molar-refractivity contribution in [2.45, 2.75) is 20.3 Å². The second kappa shape index (κ2) is 9.84. The molecule has 0 aromatic carbocycles. The summed E-state index contributed by atoms with van der Waals surface area (Å²) in [7, 11) is 0. The van der Waals surface area contributed by atoms with Crippen molar-refractivity contribution in [2.75, 3.05) is 5.32 Å². The van der Waals surface area contributed by atoms with Crippen molar-refractivity contribution in [3.8, 4) is 22.6 Å². The first kappa shape index (κ1) is 23.0. The molecule has 0 saturated carbocycles. The van der Waals surface area contributed by atoms with Gasteiger partial charge in [-0.3, -0.25) is 15.1 Å². The summed E-state index contributed by atoms with van der Waals surface area (Å²) in [6, 6.07) is 14.0. The number of allylic oxidation sites excluding steroid dienone is 3. The summed E-state index contributed by atoms with van der Waals surface area (Å²) in [5.74, 6) is 0. The molecule has 5 aromatic rings. The Balaban J connectivity index is 1.55. The Labute approximate surface area is 209 Å². The summed E-state index contributed by atoms with van der Waals surface area (Å²) < 4.78 is 0. The molecule has 0 atom stereocenters. The van der Waals surface area contributed by atoms with Crippen LogP contribution in [0, 0.1) is 6.92 Å². The van der Waals surface area contributed by atoms with Gasteiger partial charge < -0.3 is 10.3 Å². The van der Waals surface area contributed by atoms with Crippen LogP contribution in [0.3, 0.4) is 0 Å². The van der Waals surface area contributed by atoms with Crippen LogP contribution in [-0.4, -0.2) is 30.1 Å². The minimum atomic E-state index is 0.752. The van der Waals surface area contributed by atoms with Gasteiger partial charge in [-0.15, -0.1) is 0 Å². The van der Waals surface area contributed by atoms with Gasteiger partial charge in [0.15, 0.2) is 0 Å². The van der Waals surface area contributed by atoms with Crippen LogP contribution in [0.4, 0.5) is 5.69 Å². The molecule has 0 aliphatic heterocycles. The smallest absolute Gasteiger partial charge is 0.135 e. The number of nitrogens with one attached hydrogen (secondary N) is 3. The minimum Gasteiger partial charge on any atom is -0.358 e. The highest BCUT2D eigenvalue weighted by atomic mass is 15.1. The maximum atomic E-state index is 4.95. The van der Waals surface area contributed by atoms with Crippen LogP contribution in [0.25, 0.3) is 39.3 Å². The molecule has 0 spiro atoms. The fourth-order valence-electron chi connectivity index (χ4n) is 4.11. The number of pyridine rings is 3. The van der Waals surface area contributed by atoms with Gasteiger partial charge in [0.05, 0.1) is 34.5 Å². The SMILES string of the molecule is C=C/C=C(/c1ccccn1)c1cc(-c2n[nH]c3ccc(-c4cncc(NC(=C)CC)c4)nc23)[nH]c1C. The summed E-state index contributed by atoms with van der Waals surface area (Å²) >= 11 is 0. The molecule has 3 N–H and O–H groups in total. The number of aromatic amines is 2. The standard InChI is InChI=1S/C29H27N7/c1-5-9-22(25-10-7-8-13-31-25)23-15-27(33-19(23)4)29-28-26(35-36-29)12-11-24(34-28)20-14-21(17-30-16-20)32-18(3)6-2/h5,7-17,32-33H,1,3,6H2,2,4H3,(H,35,36)/b22-9+. The third-order valence-corrected chi connectivity index (χ3v) is 5.98. The number of hydrogen-bond donors (Lipinski definition) is 3. The Hall–Kier alpha value is -4.78. The Morgan fingerprint density at radius 2 is 2.03 bits per heavy atom. The molecule has 0 aliphatic carbocycles. The maximum Gasteiger partial charge on any atom is 0.135 e. The Morgan fingerprint density at radius 1 is 1.14 bits per heavy atom. The van der Waals surface area contributed by atoms with Crippen molar-refractivity contribution in [1.29, 1.82) is 0 Å². The highest BCUT2D eigenvalue weighted by Crippen LogP contribution is 2.32. The molecular formula is C29H27N7.